The third kappa shape index (κ3) is 8.03. The number of aliphatic hydroxyl groups is 3. The number of rotatable bonds is 12. The topological polar surface area (TPSA) is 161 Å². The fraction of sp³-hybridized carbons (Fsp3) is 0.952. The van der Waals surface area contributed by atoms with Crippen LogP contribution in [0.3, 0.4) is 0 Å². The molecule has 0 bridgehead atoms. The highest BCUT2D eigenvalue weighted by Gasteiger charge is 2.64. The van der Waals surface area contributed by atoms with E-state index in [0.29, 0.717) is 64.2 Å². The summed E-state index contributed by atoms with van der Waals surface area (Å²) in [7, 11) is 0. The van der Waals surface area contributed by atoms with Crippen LogP contribution in [0.4, 0.5) is 0 Å². The van der Waals surface area contributed by atoms with E-state index in [0.717, 1.165) is 12.8 Å². The van der Waals surface area contributed by atoms with Crippen molar-refractivity contribution < 1.29 is 53.7 Å². The summed E-state index contributed by atoms with van der Waals surface area (Å²) in [4.78, 5) is 26.4. The van der Waals surface area contributed by atoms with Crippen molar-refractivity contribution in [2.75, 3.05) is 0 Å². The first kappa shape index (κ1) is 43.0. The molecule has 0 unspecified atom stereocenters. The second-order valence-corrected chi connectivity index (χ2v) is 18.3. The van der Waals surface area contributed by atoms with Gasteiger partial charge in [0.2, 0.25) is 0 Å². The molecule has 5 aliphatic rings. The Balaban J connectivity index is 1.30. The molecule has 11 heteroatoms. The Labute approximate surface area is 318 Å². The zero-order valence-electron chi connectivity index (χ0n) is 34.2. The molecule has 0 aliphatic carbocycles. The summed E-state index contributed by atoms with van der Waals surface area (Å²) in [5, 5.41) is 44.1. The molecule has 0 aromatic carbocycles. The van der Waals surface area contributed by atoms with Gasteiger partial charge in [0.05, 0.1) is 53.7 Å². The minimum atomic E-state index is -1.28. The summed E-state index contributed by atoms with van der Waals surface area (Å²) in [6.07, 6.45) is 3.41. The summed E-state index contributed by atoms with van der Waals surface area (Å²) in [6, 6.07) is 0. The lowest BCUT2D eigenvalue weighted by atomic mass is 9.72. The lowest BCUT2D eigenvalue weighted by Crippen LogP contribution is -2.65. The summed E-state index contributed by atoms with van der Waals surface area (Å²) in [5.74, 6) is -5.29. The maximum absolute atomic E-state index is 14.5. The molecule has 5 rings (SSSR count). The number of ketones is 1. The van der Waals surface area contributed by atoms with E-state index >= 15 is 0 Å². The van der Waals surface area contributed by atoms with Crippen LogP contribution in [0.1, 0.15) is 146 Å². The molecule has 5 aliphatic heterocycles. The second kappa shape index (κ2) is 16.4. The number of hydrogen-bond donors (Lipinski definition) is 4. The predicted octanol–water partition coefficient (Wildman–Crippen LogP) is 6.41. The average Bonchev–Trinajstić information content (AvgIpc) is 3.47. The number of ether oxygens (including phenoxy) is 5. The Hall–Kier alpha value is -1.18. The van der Waals surface area contributed by atoms with Crippen molar-refractivity contribution in [2.24, 2.45) is 41.4 Å². The van der Waals surface area contributed by atoms with Gasteiger partial charge in [-0.1, -0.05) is 55.4 Å². The molecule has 0 amide bonds. The van der Waals surface area contributed by atoms with Gasteiger partial charge in [0.25, 0.3) is 0 Å². The van der Waals surface area contributed by atoms with Gasteiger partial charge < -0.3 is 44.1 Å². The summed E-state index contributed by atoms with van der Waals surface area (Å²) >= 11 is 0. The number of Topliss-reactive ketones (excluding diaryl/α,β-unsaturated/α-hetero) is 1. The van der Waals surface area contributed by atoms with Crippen molar-refractivity contribution in [2.45, 2.75) is 212 Å². The van der Waals surface area contributed by atoms with Gasteiger partial charge in [0.1, 0.15) is 11.9 Å². The molecule has 0 aromatic rings. The maximum Gasteiger partial charge on any atom is 0.309 e. The van der Waals surface area contributed by atoms with Gasteiger partial charge in [-0.2, -0.15) is 0 Å². The van der Waals surface area contributed by atoms with E-state index in [4.69, 9.17) is 23.7 Å². The van der Waals surface area contributed by atoms with Crippen LogP contribution in [-0.2, 0) is 33.3 Å². The number of hydrogen-bond acceptors (Lipinski definition) is 10. The standard InChI is InChI=1S/C42H72O11/c1-11-29(38(46)47)31-15-14-23(4)36(50-31)27(8)34(44)26(7)35(45)30(12-2)37-24(5)22-25(6)41(51-37)19-16-32(43)42(53-41)21-20-39(10,52-42)33-17-18-40(48,13-3)28(9)49-33/h23-34,36-37,43-44,48H,11-22H2,1-10H3,(H,46,47)/t23-,24-,25+,26-,27-,28-,29+,30-,31+,32+,33+,34+,36+,37-,39-,40+,41-,42+/m0/s1. The smallest absolute Gasteiger partial charge is 0.309 e. The first-order valence-corrected chi connectivity index (χ1v) is 21.0. The third-order valence-electron chi connectivity index (χ3n) is 14.9. The van der Waals surface area contributed by atoms with E-state index in [1.807, 2.05) is 41.5 Å². The fourth-order valence-corrected chi connectivity index (χ4v) is 10.9. The lowest BCUT2D eigenvalue weighted by molar-refractivity contribution is -0.442. The van der Waals surface area contributed by atoms with Crippen LogP contribution in [0.25, 0.3) is 0 Å². The Morgan fingerprint density at radius 1 is 0.811 bits per heavy atom. The number of carboxylic acid groups (broad SMARTS) is 1. The molecule has 5 heterocycles. The Bertz CT molecular complexity index is 1280. The Kier molecular flexibility index (Phi) is 13.3. The molecular formula is C42H72O11. The molecule has 5 saturated heterocycles. The number of aliphatic hydroxyl groups excluding tert-OH is 2. The van der Waals surface area contributed by atoms with Crippen LogP contribution in [0.15, 0.2) is 0 Å². The second-order valence-electron chi connectivity index (χ2n) is 18.3. The minimum Gasteiger partial charge on any atom is -0.481 e. The van der Waals surface area contributed by atoms with Gasteiger partial charge in [0.15, 0.2) is 11.6 Å². The van der Waals surface area contributed by atoms with Gasteiger partial charge in [-0.15, -0.1) is 0 Å². The van der Waals surface area contributed by atoms with Crippen molar-refractivity contribution >= 4 is 11.8 Å². The van der Waals surface area contributed by atoms with Crippen molar-refractivity contribution in [3.63, 3.8) is 0 Å². The fourth-order valence-electron chi connectivity index (χ4n) is 10.9. The zero-order valence-corrected chi connectivity index (χ0v) is 34.2. The minimum absolute atomic E-state index is 0.0228. The van der Waals surface area contributed by atoms with Crippen LogP contribution < -0.4 is 0 Å². The van der Waals surface area contributed by atoms with E-state index in [2.05, 4.69) is 20.8 Å². The van der Waals surface area contributed by atoms with Crippen LogP contribution in [0, 0.1) is 41.4 Å². The first-order chi connectivity index (χ1) is 24.8. The predicted molar refractivity (Wildman–Crippen MR) is 199 cm³/mol. The zero-order chi connectivity index (χ0) is 39.3. The lowest BCUT2D eigenvalue weighted by Gasteiger charge is -2.56. The molecule has 18 atom stereocenters. The molecule has 306 valence electrons. The highest BCUT2D eigenvalue weighted by molar-refractivity contribution is 5.84. The van der Waals surface area contributed by atoms with E-state index in [9.17, 15) is 30.0 Å². The van der Waals surface area contributed by atoms with Crippen molar-refractivity contribution in [3.8, 4) is 0 Å². The van der Waals surface area contributed by atoms with Gasteiger partial charge >= 0.3 is 5.97 Å². The molecule has 53 heavy (non-hydrogen) atoms. The van der Waals surface area contributed by atoms with Crippen molar-refractivity contribution in [1.29, 1.82) is 0 Å². The van der Waals surface area contributed by atoms with E-state index in [1.165, 1.54) is 0 Å². The van der Waals surface area contributed by atoms with Crippen molar-refractivity contribution in [1.82, 2.24) is 0 Å². The van der Waals surface area contributed by atoms with Crippen LogP contribution >= 0.6 is 0 Å². The van der Waals surface area contributed by atoms with Crippen LogP contribution in [0.2, 0.25) is 0 Å². The monoisotopic (exact) mass is 753 g/mol. The van der Waals surface area contributed by atoms with Crippen LogP contribution in [0.5, 0.6) is 0 Å². The first-order valence-electron chi connectivity index (χ1n) is 21.0. The van der Waals surface area contributed by atoms with Gasteiger partial charge in [0, 0.05) is 36.5 Å². The van der Waals surface area contributed by atoms with E-state index < -0.39 is 70.9 Å². The quantitative estimate of drug-likeness (QED) is 0.174. The number of carbonyl (C=O) groups is 2. The SMILES string of the molecule is CC[C@@H](C(=O)[C@@H](C)[C@@H](O)[C@H](C)[C@@H]1O[C@@H]([C@@H](CC)C(=O)O)CC[C@@H]1C)[C@H]1O[C@]2(CC[C@@H](O)[C@@]3(CC[C@@](C)([C@H]4CC[C@](O)(CC)[C@H](C)O4)O3)O2)[C@H](C)C[C@@H]1C. The Morgan fingerprint density at radius 2 is 1.49 bits per heavy atom. The molecule has 2 spiro atoms. The summed E-state index contributed by atoms with van der Waals surface area (Å²) < 4.78 is 33.7. The number of carboxylic acids is 1. The van der Waals surface area contributed by atoms with Gasteiger partial charge in [-0.3, -0.25) is 9.59 Å². The molecule has 5 fully saturated rings. The molecule has 4 N–H and O–H groups in total. The highest BCUT2D eigenvalue weighted by Crippen LogP contribution is 2.56. The molecule has 0 saturated carbocycles. The van der Waals surface area contributed by atoms with Gasteiger partial charge in [-0.05, 0) is 89.9 Å². The third-order valence-corrected chi connectivity index (χ3v) is 14.9. The Morgan fingerprint density at radius 3 is 2.09 bits per heavy atom. The number of aliphatic carboxylic acids is 1. The largest absolute Gasteiger partial charge is 0.481 e. The number of carbonyl (C=O) groups excluding carboxylic acids is 1. The van der Waals surface area contributed by atoms with E-state index in [1.54, 1.807) is 6.92 Å². The normalized spacial score (nSPS) is 46.5. The summed E-state index contributed by atoms with van der Waals surface area (Å²) in [6.45, 7) is 19.8. The molecular weight excluding hydrogens is 680 g/mol. The van der Waals surface area contributed by atoms with Gasteiger partial charge in [-0.25, -0.2) is 0 Å². The van der Waals surface area contributed by atoms with Crippen molar-refractivity contribution in [3.05, 3.63) is 0 Å². The van der Waals surface area contributed by atoms with E-state index in [-0.39, 0.29) is 47.8 Å². The maximum atomic E-state index is 14.5. The molecule has 0 radical (unpaired) electrons. The summed E-state index contributed by atoms with van der Waals surface area (Å²) in [5.41, 5.74) is -1.59. The van der Waals surface area contributed by atoms with Crippen LogP contribution in [-0.4, -0.2) is 97.7 Å². The molecule has 11 nitrogen and oxygen atoms in total. The highest BCUT2D eigenvalue weighted by atomic mass is 16.8. The average molecular weight is 753 g/mol. The molecule has 0 aromatic heterocycles.